The van der Waals surface area contributed by atoms with Gasteiger partial charge in [-0.15, -0.1) is 11.3 Å². The smallest absolute Gasteiger partial charge is 0.197 e. The van der Waals surface area contributed by atoms with Crippen LogP contribution in [-0.4, -0.2) is 37.7 Å². The van der Waals surface area contributed by atoms with Gasteiger partial charge in [-0.25, -0.2) is 0 Å². The molecule has 0 radical (unpaired) electrons. The molecule has 0 spiro atoms. The number of hydrogen-bond donors (Lipinski definition) is 1. The quantitative estimate of drug-likeness (QED) is 0.673. The zero-order chi connectivity index (χ0) is 19.2. The van der Waals surface area contributed by atoms with Crippen LogP contribution in [0.2, 0.25) is 0 Å². The number of likely N-dealkylation sites (N-methyl/N-ethyl adjacent to an activating group) is 1. The van der Waals surface area contributed by atoms with Gasteiger partial charge in [0.25, 0.3) is 0 Å². The van der Waals surface area contributed by atoms with Crippen LogP contribution in [0.25, 0.3) is 26.2 Å². The highest BCUT2D eigenvalue weighted by atomic mass is 32.1. The molecule has 4 nitrogen and oxygen atoms in total. The van der Waals surface area contributed by atoms with Crippen molar-refractivity contribution < 1.29 is 4.74 Å². The second-order valence-corrected chi connectivity index (χ2v) is 8.82. The minimum absolute atomic E-state index is 0.0766. The summed E-state index contributed by atoms with van der Waals surface area (Å²) in [7, 11) is 4.08. The second-order valence-electron chi connectivity index (χ2n) is 7.73. The lowest BCUT2D eigenvalue weighted by molar-refractivity contribution is 0.159. The molecule has 0 fully saturated rings. The lowest BCUT2D eigenvalue weighted by Gasteiger charge is -2.29. The molecule has 0 saturated heterocycles. The average molecular weight is 381 g/mol. The summed E-state index contributed by atoms with van der Waals surface area (Å²) in [5, 5.41) is 5.04. The van der Waals surface area contributed by atoms with Crippen LogP contribution in [0.15, 0.2) is 41.2 Å². The van der Waals surface area contributed by atoms with Crippen LogP contribution in [0.5, 0.6) is 5.75 Å². The Morgan fingerprint density at radius 1 is 1.19 bits per heavy atom. The van der Waals surface area contributed by atoms with Crippen molar-refractivity contribution in [3.05, 3.63) is 52.2 Å². The highest BCUT2D eigenvalue weighted by molar-refractivity contribution is 7.24. The van der Waals surface area contributed by atoms with E-state index in [-0.39, 0.29) is 11.0 Å². The number of anilines is 1. The van der Waals surface area contributed by atoms with E-state index in [9.17, 15) is 4.79 Å². The van der Waals surface area contributed by atoms with Crippen LogP contribution in [0.1, 0.15) is 19.4 Å². The zero-order valence-corrected chi connectivity index (χ0v) is 16.9. The fourth-order valence-corrected chi connectivity index (χ4v) is 4.51. The molecule has 3 aromatic rings. The molecule has 5 heteroatoms. The van der Waals surface area contributed by atoms with E-state index < -0.39 is 0 Å². The van der Waals surface area contributed by atoms with Gasteiger partial charge in [0.15, 0.2) is 5.43 Å². The van der Waals surface area contributed by atoms with Crippen molar-refractivity contribution in [2.45, 2.75) is 19.4 Å². The Morgan fingerprint density at radius 2 is 1.96 bits per heavy atom. The van der Waals surface area contributed by atoms with Crippen molar-refractivity contribution in [2.75, 3.05) is 32.5 Å². The number of nitrogens with zero attached hydrogens (tertiary/aromatic N) is 1. The lowest BCUT2D eigenvalue weighted by Crippen LogP contribution is -2.28. The molecule has 0 unspecified atom stereocenters. The van der Waals surface area contributed by atoms with Gasteiger partial charge in [-0.3, -0.25) is 4.79 Å². The Labute approximate surface area is 163 Å². The lowest BCUT2D eigenvalue weighted by atomic mass is 9.99. The molecule has 0 saturated carbocycles. The highest BCUT2D eigenvalue weighted by Crippen LogP contribution is 2.42. The normalized spacial score (nSPS) is 15.1. The molecule has 0 amide bonds. The molecule has 0 aliphatic carbocycles. The molecule has 1 aliphatic heterocycles. The fourth-order valence-electron chi connectivity index (χ4n) is 3.39. The maximum atomic E-state index is 13.3. The summed E-state index contributed by atoms with van der Waals surface area (Å²) in [6, 6.07) is 9.83. The Balaban J connectivity index is 1.99. The van der Waals surface area contributed by atoms with Crippen molar-refractivity contribution in [3.8, 4) is 5.75 Å². The van der Waals surface area contributed by atoms with Gasteiger partial charge in [0, 0.05) is 33.4 Å². The number of fused-ring (bicyclic) bond motifs is 3. The van der Waals surface area contributed by atoms with Gasteiger partial charge in [0.1, 0.15) is 11.4 Å². The minimum atomic E-state index is -0.358. The summed E-state index contributed by atoms with van der Waals surface area (Å²) in [6.45, 7) is 5.72. The van der Waals surface area contributed by atoms with E-state index in [2.05, 4.69) is 16.3 Å². The van der Waals surface area contributed by atoms with Crippen LogP contribution in [0.4, 0.5) is 5.69 Å². The van der Waals surface area contributed by atoms with Crippen LogP contribution in [0.3, 0.4) is 0 Å². The van der Waals surface area contributed by atoms with E-state index in [0.717, 1.165) is 50.3 Å². The summed E-state index contributed by atoms with van der Waals surface area (Å²) >= 11 is 1.64. The molecule has 4 rings (SSSR count). The van der Waals surface area contributed by atoms with Crippen LogP contribution in [-0.2, 0) is 0 Å². The SMILES string of the molecule is CN(C)CCNc1c2c(cc3sc4ccccc4c(=O)c13)OC(C)(C)C=C2. The second kappa shape index (κ2) is 6.66. The van der Waals surface area contributed by atoms with Crippen molar-refractivity contribution >= 4 is 43.3 Å². The summed E-state index contributed by atoms with van der Waals surface area (Å²) in [6.07, 6.45) is 4.13. The van der Waals surface area contributed by atoms with Gasteiger partial charge in [0.05, 0.1) is 11.1 Å². The summed E-state index contributed by atoms with van der Waals surface area (Å²) in [5.74, 6) is 0.827. The maximum absolute atomic E-state index is 13.3. The van der Waals surface area contributed by atoms with Crippen LogP contribution in [0, 0.1) is 0 Å². The standard InChI is InChI=1S/C22H24N2O2S/c1-22(2)10-9-14-16(26-22)13-18-19(20(14)23-11-12-24(3)4)21(25)15-7-5-6-8-17(15)27-18/h5-10,13,23H,11-12H2,1-4H3. The van der Waals surface area contributed by atoms with Gasteiger partial charge in [-0.1, -0.05) is 12.1 Å². The molecule has 1 N–H and O–H groups in total. The van der Waals surface area contributed by atoms with Crippen LogP contribution >= 0.6 is 11.3 Å². The number of hydrogen-bond acceptors (Lipinski definition) is 5. The molecule has 0 bridgehead atoms. The average Bonchev–Trinajstić information content (AvgIpc) is 2.60. The number of rotatable bonds is 4. The Morgan fingerprint density at radius 3 is 2.74 bits per heavy atom. The maximum Gasteiger partial charge on any atom is 0.197 e. The third-order valence-electron chi connectivity index (χ3n) is 4.76. The summed E-state index contributed by atoms with van der Waals surface area (Å²) in [5.41, 5.74) is 1.56. The topological polar surface area (TPSA) is 41.6 Å². The molecular weight excluding hydrogens is 356 g/mol. The molecular formula is C22H24N2O2S. The highest BCUT2D eigenvalue weighted by Gasteiger charge is 2.26. The van der Waals surface area contributed by atoms with Gasteiger partial charge in [0.2, 0.25) is 0 Å². The Kier molecular flexibility index (Phi) is 4.44. The monoisotopic (exact) mass is 380 g/mol. The zero-order valence-electron chi connectivity index (χ0n) is 16.1. The Hall–Kier alpha value is -2.37. The van der Waals surface area contributed by atoms with Gasteiger partial charge < -0.3 is 15.0 Å². The third-order valence-corrected chi connectivity index (χ3v) is 5.88. The van der Waals surface area contributed by atoms with E-state index in [4.69, 9.17) is 4.74 Å². The first-order valence-electron chi connectivity index (χ1n) is 9.15. The van der Waals surface area contributed by atoms with Crippen molar-refractivity contribution in [2.24, 2.45) is 0 Å². The summed E-state index contributed by atoms with van der Waals surface area (Å²) < 4.78 is 8.17. The van der Waals surface area contributed by atoms with Crippen LogP contribution < -0.4 is 15.5 Å². The van der Waals surface area contributed by atoms with E-state index >= 15 is 0 Å². The Bertz CT molecular complexity index is 1110. The third kappa shape index (κ3) is 3.33. The van der Waals surface area contributed by atoms with E-state index in [1.807, 2.05) is 64.4 Å². The number of benzene rings is 2. The molecule has 27 heavy (non-hydrogen) atoms. The number of nitrogens with one attached hydrogen (secondary N) is 1. The largest absolute Gasteiger partial charge is 0.483 e. The first-order valence-corrected chi connectivity index (χ1v) is 9.97. The number of ether oxygens (including phenoxy) is 1. The molecule has 1 aliphatic rings. The molecule has 2 heterocycles. The molecule has 0 atom stereocenters. The van der Waals surface area contributed by atoms with Crippen molar-refractivity contribution in [1.82, 2.24) is 4.90 Å². The van der Waals surface area contributed by atoms with Gasteiger partial charge in [-0.05, 0) is 58.3 Å². The van der Waals surface area contributed by atoms with Gasteiger partial charge in [-0.2, -0.15) is 0 Å². The predicted octanol–water partition coefficient (Wildman–Crippen LogP) is 4.57. The summed E-state index contributed by atoms with van der Waals surface area (Å²) in [4.78, 5) is 15.4. The molecule has 140 valence electrons. The van der Waals surface area contributed by atoms with Crippen molar-refractivity contribution in [3.63, 3.8) is 0 Å². The van der Waals surface area contributed by atoms with Crippen molar-refractivity contribution in [1.29, 1.82) is 0 Å². The first kappa shape index (κ1) is 18.0. The minimum Gasteiger partial charge on any atom is -0.483 e. The molecule has 1 aromatic heterocycles. The van der Waals surface area contributed by atoms with E-state index in [1.54, 1.807) is 11.3 Å². The van der Waals surface area contributed by atoms with Gasteiger partial charge >= 0.3 is 0 Å². The predicted molar refractivity (Wildman–Crippen MR) is 116 cm³/mol. The van der Waals surface area contributed by atoms with E-state index in [1.165, 1.54) is 0 Å². The first-order chi connectivity index (χ1) is 12.9. The van der Waals surface area contributed by atoms with E-state index in [0.29, 0.717) is 0 Å². The molecule has 2 aromatic carbocycles. The fraction of sp³-hybridized carbons (Fsp3) is 0.318.